The van der Waals surface area contributed by atoms with E-state index in [1.165, 1.54) is 39.8 Å². The molecule has 3 aliphatic heterocycles. The number of aliphatic hydroxyl groups excluding tert-OH is 5. The Morgan fingerprint density at radius 2 is 1.49 bits per heavy atom. The lowest BCUT2D eigenvalue weighted by Crippen LogP contribution is -2.62. The van der Waals surface area contributed by atoms with E-state index in [0.717, 1.165) is 6.42 Å². The van der Waals surface area contributed by atoms with Gasteiger partial charge in [-0.15, -0.1) is 0 Å². The highest BCUT2D eigenvalue weighted by Gasteiger charge is 2.56. The van der Waals surface area contributed by atoms with E-state index in [-0.39, 0.29) is 30.3 Å². The molecule has 0 aliphatic carbocycles. The molecule has 0 aromatic rings. The van der Waals surface area contributed by atoms with Crippen molar-refractivity contribution >= 4 is 17.5 Å². The van der Waals surface area contributed by atoms with Crippen molar-refractivity contribution in [1.82, 2.24) is 0 Å². The molecule has 3 rings (SSSR count). The molecule has 57 heavy (non-hydrogen) atoms. The molecule has 0 aromatic heterocycles. The number of carbonyl (C=O) groups excluding carboxylic acids is 3. The van der Waals surface area contributed by atoms with Gasteiger partial charge in [-0.05, 0) is 51.4 Å². The first kappa shape index (κ1) is 49.1. The maximum Gasteiger partial charge on any atom is 0.330 e. The molecule has 2 saturated heterocycles. The van der Waals surface area contributed by atoms with Gasteiger partial charge in [0.25, 0.3) is 0 Å². The van der Waals surface area contributed by atoms with Crippen molar-refractivity contribution in [3.8, 4) is 0 Å². The Morgan fingerprint density at radius 1 is 0.860 bits per heavy atom. The number of rotatable bonds is 3. The minimum Gasteiger partial charge on any atom is -0.458 e. The zero-order valence-electron chi connectivity index (χ0n) is 36.2. The third-order valence-corrected chi connectivity index (χ3v) is 13.5. The van der Waals surface area contributed by atoms with Gasteiger partial charge in [0.15, 0.2) is 11.6 Å². The molecule has 6 N–H and O–H groups in total. The summed E-state index contributed by atoms with van der Waals surface area (Å²) in [5, 5.41) is 66.7. The van der Waals surface area contributed by atoms with Crippen LogP contribution in [0.3, 0.4) is 0 Å². The summed E-state index contributed by atoms with van der Waals surface area (Å²) in [4.78, 5) is 40.6. The number of ketones is 2. The van der Waals surface area contributed by atoms with Gasteiger partial charge in [-0.25, -0.2) is 4.79 Å². The molecule has 2 bridgehead atoms. The summed E-state index contributed by atoms with van der Waals surface area (Å²) in [6.45, 7) is 18.6. The molecule has 0 aromatic carbocycles. The van der Waals surface area contributed by atoms with Crippen molar-refractivity contribution in [2.75, 3.05) is 0 Å². The van der Waals surface area contributed by atoms with Crippen LogP contribution < -0.4 is 0 Å². The molecular weight excluding hydrogens is 732 g/mol. The first-order chi connectivity index (χ1) is 26.5. The quantitative estimate of drug-likeness (QED) is 0.212. The smallest absolute Gasteiger partial charge is 0.330 e. The van der Waals surface area contributed by atoms with Crippen LogP contribution in [0.4, 0.5) is 0 Å². The summed E-state index contributed by atoms with van der Waals surface area (Å²) in [5.41, 5.74) is -2.22. The predicted octanol–water partition coefficient (Wildman–Crippen LogP) is 4.85. The average molecular weight is 807 g/mol. The standard InChI is InChI=1S/C45H74O12/c1-12-33-17-15-13-14-16-26(4)42(52)44(11,54)43(53)31(9)40(51)30(8)39(50)29(7)38(49)25(3)18-19-37(48)55-41-28(6)36(23-34(33)47)57-45(32(41)10)21-20-24(2)35(56-45)22-27(5)46/h13-15,17-19,24-36,38,40-42,46-47,49,51-52,54H,12,16,20-23H2,1-11H3/t24-,25-,26+,27+,28+,29-,30-,31-,32-,33-,34+,35-,36-,38+,40+,41+,42-,44+,45+/m0/s1. The predicted molar refractivity (Wildman–Crippen MR) is 216 cm³/mol. The zero-order valence-corrected chi connectivity index (χ0v) is 36.2. The van der Waals surface area contributed by atoms with Gasteiger partial charge in [0.1, 0.15) is 17.5 Å². The van der Waals surface area contributed by atoms with E-state index in [0.29, 0.717) is 25.7 Å². The first-order valence-electron chi connectivity index (χ1n) is 21.3. The van der Waals surface area contributed by atoms with E-state index < -0.39 is 107 Å². The highest BCUT2D eigenvalue weighted by atomic mass is 16.7. The lowest BCUT2D eigenvalue weighted by molar-refractivity contribution is -0.372. The fraction of sp³-hybridized carbons (Fsp3) is 0.800. The Morgan fingerprint density at radius 3 is 2.11 bits per heavy atom. The molecule has 12 nitrogen and oxygen atoms in total. The number of hydrogen-bond acceptors (Lipinski definition) is 12. The van der Waals surface area contributed by atoms with Crippen molar-refractivity contribution in [2.45, 2.75) is 175 Å². The lowest BCUT2D eigenvalue weighted by Gasteiger charge is -2.55. The summed E-state index contributed by atoms with van der Waals surface area (Å²) in [6.07, 6.45) is 5.74. The van der Waals surface area contributed by atoms with Crippen LogP contribution >= 0.6 is 0 Å². The molecule has 3 aliphatic rings. The Balaban J connectivity index is 2.02. The highest BCUT2D eigenvalue weighted by Crippen LogP contribution is 2.49. The summed E-state index contributed by atoms with van der Waals surface area (Å²) >= 11 is 0. The van der Waals surface area contributed by atoms with Gasteiger partial charge >= 0.3 is 5.97 Å². The minimum absolute atomic E-state index is 0.164. The number of fused-ring (bicyclic) bond motifs is 2. The van der Waals surface area contributed by atoms with Crippen LogP contribution in [0, 0.1) is 53.3 Å². The fourth-order valence-corrected chi connectivity index (χ4v) is 9.07. The Hall–Kier alpha value is -2.29. The van der Waals surface area contributed by atoms with Crippen LogP contribution in [0.25, 0.3) is 0 Å². The monoisotopic (exact) mass is 807 g/mol. The van der Waals surface area contributed by atoms with Gasteiger partial charge in [0, 0.05) is 60.3 Å². The molecule has 0 radical (unpaired) electrons. The minimum atomic E-state index is -2.22. The first-order valence-corrected chi connectivity index (χ1v) is 21.3. The van der Waals surface area contributed by atoms with E-state index in [2.05, 4.69) is 6.92 Å². The summed E-state index contributed by atoms with van der Waals surface area (Å²) in [7, 11) is 0. The van der Waals surface area contributed by atoms with E-state index in [4.69, 9.17) is 14.2 Å². The van der Waals surface area contributed by atoms with Crippen LogP contribution in [-0.2, 0) is 28.6 Å². The number of hydrogen-bond donors (Lipinski definition) is 6. The van der Waals surface area contributed by atoms with E-state index in [1.54, 1.807) is 32.9 Å². The molecule has 326 valence electrons. The molecule has 0 unspecified atom stereocenters. The van der Waals surface area contributed by atoms with E-state index in [9.17, 15) is 45.0 Å². The van der Waals surface area contributed by atoms with Crippen molar-refractivity contribution in [3.05, 3.63) is 36.5 Å². The lowest BCUT2D eigenvalue weighted by atomic mass is 9.74. The van der Waals surface area contributed by atoms with Crippen LogP contribution in [0.15, 0.2) is 36.5 Å². The largest absolute Gasteiger partial charge is 0.458 e. The van der Waals surface area contributed by atoms with Crippen molar-refractivity contribution in [1.29, 1.82) is 0 Å². The molecular formula is C45H74O12. The summed E-state index contributed by atoms with van der Waals surface area (Å²) in [6, 6.07) is 0. The maximum absolute atomic E-state index is 13.5. The number of esters is 1. The van der Waals surface area contributed by atoms with Gasteiger partial charge in [-0.3, -0.25) is 9.59 Å². The Labute approximate surface area is 340 Å². The second-order valence-electron chi connectivity index (χ2n) is 18.1. The van der Waals surface area contributed by atoms with Crippen LogP contribution in [-0.4, -0.2) is 108 Å². The van der Waals surface area contributed by atoms with E-state index >= 15 is 0 Å². The Bertz CT molecular complexity index is 1420. The van der Waals surface area contributed by atoms with Crippen LogP contribution in [0.2, 0.25) is 0 Å². The average Bonchev–Trinajstić information content (AvgIpc) is 3.17. The molecule has 0 saturated carbocycles. The third kappa shape index (κ3) is 11.7. The van der Waals surface area contributed by atoms with Gasteiger partial charge in [-0.1, -0.05) is 92.7 Å². The van der Waals surface area contributed by atoms with Gasteiger partial charge in [0.05, 0.1) is 42.7 Å². The molecule has 2 fully saturated rings. The number of carbonyl (C=O) groups is 3. The van der Waals surface area contributed by atoms with Crippen molar-refractivity contribution in [2.24, 2.45) is 53.3 Å². The second kappa shape index (κ2) is 20.8. The SMILES string of the molecule is CC[C@H]1C=CC=CC[C@@H](C)[C@H](O)[C@@](C)(O)C(=O)[C@@H](C)[C@H](O)[C@@H](C)C(=O)[C@@H](C)[C@H](O)[C@@H](C)C=CC(=O)O[C@@H]2[C@H](C)[C@H](C[C@H]1O)O[C@]1(CC[C@H](C)[C@H](C[C@@H](C)O)O1)[C@H]2C. The molecule has 3 heterocycles. The number of aliphatic hydroxyl groups is 6. The zero-order chi connectivity index (χ0) is 43.2. The third-order valence-electron chi connectivity index (χ3n) is 13.5. The number of Topliss-reactive ketones (excluding diaryl/α,β-unsaturated/α-hetero) is 2. The van der Waals surface area contributed by atoms with E-state index in [1.807, 2.05) is 32.9 Å². The van der Waals surface area contributed by atoms with Gasteiger partial charge < -0.3 is 44.8 Å². The van der Waals surface area contributed by atoms with Gasteiger partial charge in [-0.2, -0.15) is 0 Å². The summed E-state index contributed by atoms with van der Waals surface area (Å²) < 4.78 is 19.8. The highest BCUT2D eigenvalue weighted by molar-refractivity contribution is 5.91. The van der Waals surface area contributed by atoms with Crippen LogP contribution in [0.5, 0.6) is 0 Å². The molecule has 1 spiro atoms. The topological polar surface area (TPSA) is 200 Å². The number of allylic oxidation sites excluding steroid dienone is 3. The van der Waals surface area contributed by atoms with Crippen LogP contribution in [0.1, 0.15) is 115 Å². The Kier molecular flexibility index (Phi) is 17.9. The van der Waals surface area contributed by atoms with Crippen molar-refractivity contribution < 1.29 is 59.2 Å². The second-order valence-corrected chi connectivity index (χ2v) is 18.1. The maximum atomic E-state index is 13.5. The summed E-state index contributed by atoms with van der Waals surface area (Å²) in [5.74, 6) is -8.49. The molecule has 0 amide bonds. The molecule has 12 heteroatoms. The normalized spacial score (nSPS) is 45.8. The fourth-order valence-electron chi connectivity index (χ4n) is 9.07. The van der Waals surface area contributed by atoms with Gasteiger partial charge in [0.2, 0.25) is 0 Å². The molecule has 19 atom stereocenters. The number of ether oxygens (including phenoxy) is 3. The van der Waals surface area contributed by atoms with Crippen molar-refractivity contribution in [3.63, 3.8) is 0 Å².